The van der Waals surface area contributed by atoms with E-state index in [1.54, 1.807) is 6.07 Å². The Morgan fingerprint density at radius 1 is 1.35 bits per heavy atom. The summed E-state index contributed by atoms with van der Waals surface area (Å²) in [6, 6.07) is 4.68. The lowest BCUT2D eigenvalue weighted by Crippen LogP contribution is -2.13. The van der Waals surface area contributed by atoms with Gasteiger partial charge in [-0.3, -0.25) is 0 Å². The number of benzene rings is 1. The van der Waals surface area contributed by atoms with E-state index in [0.717, 1.165) is 18.4 Å². The summed E-state index contributed by atoms with van der Waals surface area (Å²) in [6.45, 7) is 8.81. The summed E-state index contributed by atoms with van der Waals surface area (Å²) < 4.78 is 13.4. The summed E-state index contributed by atoms with van der Waals surface area (Å²) in [7, 11) is 0. The molecule has 1 aromatic carbocycles. The molecule has 1 aliphatic rings. The topological polar surface area (TPSA) is 20.2 Å². The van der Waals surface area contributed by atoms with Gasteiger partial charge < -0.3 is 5.11 Å². The van der Waals surface area contributed by atoms with Crippen LogP contribution in [0.2, 0.25) is 0 Å². The Bertz CT molecular complexity index is 569. The highest BCUT2D eigenvalue weighted by Gasteiger charge is 2.20. The Labute approximate surface area is 120 Å². The van der Waals surface area contributed by atoms with Crippen LogP contribution in [0.15, 0.2) is 41.0 Å². The molecule has 0 aromatic heterocycles. The highest BCUT2D eigenvalue weighted by Crippen LogP contribution is 2.34. The number of phenols is 1. The number of halogens is 1. The number of hydrogen-bond acceptors (Lipinski definition) is 1. The molecule has 0 radical (unpaired) electrons. The van der Waals surface area contributed by atoms with E-state index >= 15 is 0 Å². The highest BCUT2D eigenvalue weighted by atomic mass is 19.1. The van der Waals surface area contributed by atoms with E-state index in [-0.39, 0.29) is 5.75 Å². The normalized spacial score (nSPS) is 20.9. The third kappa shape index (κ3) is 3.12. The predicted octanol–water partition coefficient (Wildman–Crippen LogP) is 5.01. The largest absolute Gasteiger partial charge is 0.505 e. The molecule has 0 fully saturated rings. The Kier molecular flexibility index (Phi) is 4.32. The third-order valence-electron chi connectivity index (χ3n) is 4.40. The van der Waals surface area contributed by atoms with Crippen LogP contribution >= 0.6 is 0 Å². The zero-order valence-electron chi connectivity index (χ0n) is 12.7. The monoisotopic (exact) mass is 274 g/mol. The van der Waals surface area contributed by atoms with Crippen molar-refractivity contribution in [2.24, 2.45) is 11.8 Å². The van der Waals surface area contributed by atoms with Gasteiger partial charge >= 0.3 is 0 Å². The lowest BCUT2D eigenvalue weighted by atomic mass is 9.79. The number of aromatic hydroxyl groups is 1. The predicted molar refractivity (Wildman–Crippen MR) is 81.2 cm³/mol. The van der Waals surface area contributed by atoms with Gasteiger partial charge in [0.05, 0.1) is 0 Å². The summed E-state index contributed by atoms with van der Waals surface area (Å²) in [5, 5.41) is 9.24. The molecule has 1 aromatic rings. The van der Waals surface area contributed by atoms with Crippen LogP contribution < -0.4 is 0 Å². The van der Waals surface area contributed by atoms with Crippen molar-refractivity contribution < 1.29 is 9.50 Å². The zero-order valence-corrected chi connectivity index (χ0v) is 12.7. The maximum Gasteiger partial charge on any atom is 0.165 e. The van der Waals surface area contributed by atoms with Gasteiger partial charge in [-0.15, -0.1) is 0 Å². The van der Waals surface area contributed by atoms with Crippen molar-refractivity contribution in [3.63, 3.8) is 0 Å². The first kappa shape index (κ1) is 14.8. The number of phenolic OH excluding ortho intramolecular Hbond substituents is 1. The average Bonchev–Trinajstić information content (AvgIpc) is 2.38. The highest BCUT2D eigenvalue weighted by molar-refractivity contribution is 5.35. The lowest BCUT2D eigenvalue weighted by molar-refractivity contribution is 0.431. The molecule has 1 aliphatic carbocycles. The Morgan fingerprint density at radius 3 is 2.70 bits per heavy atom. The molecule has 2 heteroatoms. The van der Waals surface area contributed by atoms with E-state index in [0.29, 0.717) is 11.8 Å². The molecule has 0 aliphatic heterocycles. The van der Waals surface area contributed by atoms with Gasteiger partial charge in [-0.1, -0.05) is 42.7 Å². The minimum Gasteiger partial charge on any atom is -0.505 e. The smallest absolute Gasteiger partial charge is 0.165 e. The van der Waals surface area contributed by atoms with Crippen molar-refractivity contribution in [1.29, 1.82) is 0 Å². The van der Waals surface area contributed by atoms with Crippen LogP contribution in [0.5, 0.6) is 5.75 Å². The van der Waals surface area contributed by atoms with Gasteiger partial charge in [0.25, 0.3) is 0 Å². The van der Waals surface area contributed by atoms with E-state index in [1.807, 2.05) is 0 Å². The zero-order chi connectivity index (χ0) is 14.9. The van der Waals surface area contributed by atoms with Crippen molar-refractivity contribution in [3.05, 3.63) is 52.4 Å². The summed E-state index contributed by atoms with van der Waals surface area (Å²) >= 11 is 0. The molecule has 0 saturated carbocycles. The van der Waals surface area contributed by atoms with Crippen LogP contribution in [0.25, 0.3) is 0 Å². The fourth-order valence-electron chi connectivity index (χ4n) is 2.97. The van der Waals surface area contributed by atoms with Crippen molar-refractivity contribution in [2.75, 3.05) is 0 Å². The van der Waals surface area contributed by atoms with E-state index in [9.17, 15) is 9.50 Å². The van der Waals surface area contributed by atoms with Gasteiger partial charge in [-0.2, -0.15) is 0 Å². The molecular weight excluding hydrogens is 251 g/mol. The van der Waals surface area contributed by atoms with Crippen LogP contribution in [-0.4, -0.2) is 5.11 Å². The second-order valence-corrected chi connectivity index (χ2v) is 6.09. The summed E-state index contributed by atoms with van der Waals surface area (Å²) in [5.74, 6) is 0.174. The minimum atomic E-state index is -0.534. The first-order valence-corrected chi connectivity index (χ1v) is 7.23. The molecule has 2 unspecified atom stereocenters. The first-order valence-electron chi connectivity index (χ1n) is 7.23. The van der Waals surface area contributed by atoms with Gasteiger partial charge in [0.1, 0.15) is 0 Å². The van der Waals surface area contributed by atoms with Crippen LogP contribution in [0, 0.1) is 17.7 Å². The second kappa shape index (κ2) is 5.82. The van der Waals surface area contributed by atoms with Crippen LogP contribution in [0.4, 0.5) is 4.39 Å². The van der Waals surface area contributed by atoms with Gasteiger partial charge in [0, 0.05) is 0 Å². The van der Waals surface area contributed by atoms with Crippen molar-refractivity contribution >= 4 is 0 Å². The molecule has 2 rings (SSSR count). The van der Waals surface area contributed by atoms with E-state index in [1.165, 1.54) is 28.9 Å². The fraction of sp³-hybridized carbons (Fsp3) is 0.444. The lowest BCUT2D eigenvalue weighted by Gasteiger charge is -2.27. The standard InChI is InChI=1S/C18H23FO/c1-11-7-13(3)16(9-12(11)2)14(4)8-15-5-6-18(20)17(19)10-15/h5-7,10,12,14,20H,8-9H2,1-4H3. The van der Waals surface area contributed by atoms with E-state index < -0.39 is 5.82 Å². The Balaban J connectivity index is 2.17. The molecular formula is C18H23FO. The van der Waals surface area contributed by atoms with Gasteiger partial charge in [0.15, 0.2) is 11.6 Å². The fourth-order valence-corrected chi connectivity index (χ4v) is 2.97. The molecule has 1 N–H and O–H groups in total. The van der Waals surface area contributed by atoms with Crippen molar-refractivity contribution in [2.45, 2.75) is 40.5 Å². The van der Waals surface area contributed by atoms with Crippen molar-refractivity contribution in [3.8, 4) is 5.75 Å². The minimum absolute atomic E-state index is 0.276. The SMILES string of the molecule is CC1=CC(C)=C(C(C)Cc2ccc(O)c(F)c2)CC1C. The van der Waals surface area contributed by atoms with Gasteiger partial charge in [-0.25, -0.2) is 4.39 Å². The van der Waals surface area contributed by atoms with Crippen LogP contribution in [0.1, 0.15) is 39.7 Å². The molecule has 0 amide bonds. The molecule has 0 bridgehead atoms. The Morgan fingerprint density at radius 2 is 2.05 bits per heavy atom. The number of allylic oxidation sites excluding steroid dienone is 4. The van der Waals surface area contributed by atoms with Gasteiger partial charge in [0.2, 0.25) is 0 Å². The third-order valence-corrected chi connectivity index (χ3v) is 4.40. The summed E-state index contributed by atoms with van der Waals surface area (Å²) in [5.41, 5.74) is 5.20. The number of rotatable bonds is 3. The molecule has 0 saturated heterocycles. The van der Waals surface area contributed by atoms with E-state index in [2.05, 4.69) is 33.8 Å². The van der Waals surface area contributed by atoms with Crippen LogP contribution in [-0.2, 0) is 6.42 Å². The molecule has 0 spiro atoms. The summed E-state index contributed by atoms with van der Waals surface area (Å²) in [4.78, 5) is 0. The van der Waals surface area contributed by atoms with Crippen LogP contribution in [0.3, 0.4) is 0 Å². The number of hydrogen-bond donors (Lipinski definition) is 1. The molecule has 20 heavy (non-hydrogen) atoms. The average molecular weight is 274 g/mol. The maximum absolute atomic E-state index is 13.4. The van der Waals surface area contributed by atoms with Gasteiger partial charge in [-0.05, 0) is 56.2 Å². The van der Waals surface area contributed by atoms with E-state index in [4.69, 9.17) is 0 Å². The van der Waals surface area contributed by atoms with Crippen molar-refractivity contribution in [1.82, 2.24) is 0 Å². The second-order valence-electron chi connectivity index (χ2n) is 6.09. The quantitative estimate of drug-likeness (QED) is 0.821. The molecule has 0 heterocycles. The first-order chi connectivity index (χ1) is 9.38. The maximum atomic E-state index is 13.4. The molecule has 2 atom stereocenters. The summed E-state index contributed by atoms with van der Waals surface area (Å²) in [6.07, 6.45) is 4.18. The molecule has 1 nitrogen and oxygen atoms in total. The molecule has 108 valence electrons. The Hall–Kier alpha value is -1.57.